The van der Waals surface area contributed by atoms with Crippen LogP contribution >= 0.6 is 23.2 Å². The molecule has 0 saturated carbocycles. The Kier molecular flexibility index (Phi) is 5.36. The number of rotatable bonds is 5. The van der Waals surface area contributed by atoms with Crippen LogP contribution in [-0.4, -0.2) is 15.3 Å². The smallest absolute Gasteiger partial charge is 0.211 e. The Morgan fingerprint density at radius 2 is 1.95 bits per heavy atom. The van der Waals surface area contributed by atoms with Gasteiger partial charge in [0.1, 0.15) is 5.69 Å². The summed E-state index contributed by atoms with van der Waals surface area (Å²) >= 11 is 11.6. The number of nitrogens with zero attached hydrogens (tertiary/aromatic N) is 2. The van der Waals surface area contributed by atoms with Crippen LogP contribution in [0.3, 0.4) is 0 Å². The van der Waals surface area contributed by atoms with Crippen molar-refractivity contribution < 1.29 is 4.79 Å². The Morgan fingerprint density at radius 1 is 1.27 bits per heavy atom. The maximum Gasteiger partial charge on any atom is 0.211 e. The molecule has 0 aliphatic heterocycles. The molecule has 0 aliphatic rings. The number of hydrogen-bond acceptors (Lipinski definition) is 2. The molecule has 0 amide bonds. The number of imidazole rings is 1. The minimum absolute atomic E-state index is 0.149. The van der Waals surface area contributed by atoms with Gasteiger partial charge >= 0.3 is 0 Å². The first-order chi connectivity index (χ1) is 10.5. The molecule has 1 aromatic heterocycles. The SMILES string of the molecule is C=C(Cl)/C=C\C(=C/C)C(=O)c1cncn1-c1ccc(Cl)cc1. The fraction of sp³-hybridized carbons (Fsp3) is 0.0588. The molecule has 0 aliphatic carbocycles. The van der Waals surface area contributed by atoms with Gasteiger partial charge in [0.2, 0.25) is 5.78 Å². The molecule has 5 heteroatoms. The van der Waals surface area contributed by atoms with E-state index in [0.717, 1.165) is 5.69 Å². The Labute approximate surface area is 139 Å². The van der Waals surface area contributed by atoms with Crippen molar-refractivity contribution in [2.45, 2.75) is 6.92 Å². The largest absolute Gasteiger partial charge is 0.296 e. The molecule has 2 rings (SSSR count). The molecule has 0 unspecified atom stereocenters. The van der Waals surface area contributed by atoms with E-state index in [-0.39, 0.29) is 5.78 Å². The summed E-state index contributed by atoms with van der Waals surface area (Å²) in [5, 5.41) is 0.993. The highest BCUT2D eigenvalue weighted by atomic mass is 35.5. The van der Waals surface area contributed by atoms with E-state index in [9.17, 15) is 4.79 Å². The van der Waals surface area contributed by atoms with Crippen LogP contribution in [0.1, 0.15) is 17.4 Å². The van der Waals surface area contributed by atoms with Gasteiger partial charge in [-0.2, -0.15) is 0 Å². The standard InChI is InChI=1S/C17H14Cl2N2O/c1-3-13(5-4-12(2)18)17(22)16-10-20-11-21(16)15-8-6-14(19)7-9-15/h3-11H,2H2,1H3/b5-4-,13-3+. The molecule has 3 nitrogen and oxygen atoms in total. The van der Waals surface area contributed by atoms with Gasteiger partial charge in [-0.05, 0) is 43.3 Å². The molecule has 2 aromatic rings. The molecule has 22 heavy (non-hydrogen) atoms. The first-order valence-electron chi connectivity index (χ1n) is 6.54. The summed E-state index contributed by atoms with van der Waals surface area (Å²) in [5.41, 5.74) is 1.78. The minimum atomic E-state index is -0.149. The Balaban J connectivity index is 2.38. The van der Waals surface area contributed by atoms with E-state index in [2.05, 4.69) is 11.6 Å². The second-order valence-electron chi connectivity index (χ2n) is 4.48. The predicted octanol–water partition coefficient (Wildman–Crippen LogP) is 4.96. The molecule has 0 spiro atoms. The normalized spacial score (nSPS) is 11.9. The Morgan fingerprint density at radius 3 is 2.55 bits per heavy atom. The first-order valence-corrected chi connectivity index (χ1v) is 7.30. The molecule has 0 fully saturated rings. The fourth-order valence-electron chi connectivity index (χ4n) is 1.90. The number of halogens is 2. The van der Waals surface area contributed by atoms with E-state index in [1.54, 1.807) is 48.2 Å². The topological polar surface area (TPSA) is 34.9 Å². The molecule has 0 saturated heterocycles. The third-order valence-corrected chi connectivity index (χ3v) is 3.37. The Hall–Kier alpha value is -2.10. The Bertz CT molecular complexity index is 755. The second kappa shape index (κ2) is 7.25. The molecule has 0 atom stereocenters. The van der Waals surface area contributed by atoms with Gasteiger partial charge in [-0.1, -0.05) is 35.9 Å². The average Bonchev–Trinajstić information content (AvgIpc) is 2.97. The molecule has 1 heterocycles. The first kappa shape index (κ1) is 16.3. The van der Waals surface area contributed by atoms with Crippen LogP contribution in [0.15, 0.2) is 72.2 Å². The van der Waals surface area contributed by atoms with Crippen LogP contribution in [0.4, 0.5) is 0 Å². The van der Waals surface area contributed by atoms with Crippen molar-refractivity contribution in [2.75, 3.05) is 0 Å². The quantitative estimate of drug-likeness (QED) is 0.440. The van der Waals surface area contributed by atoms with Crippen LogP contribution in [-0.2, 0) is 0 Å². The van der Waals surface area contributed by atoms with Crippen molar-refractivity contribution in [1.29, 1.82) is 0 Å². The van der Waals surface area contributed by atoms with E-state index in [1.165, 1.54) is 6.20 Å². The number of carbonyl (C=O) groups excluding carboxylic acids is 1. The van der Waals surface area contributed by atoms with Gasteiger partial charge in [-0.25, -0.2) is 4.98 Å². The van der Waals surface area contributed by atoms with Gasteiger partial charge in [0.25, 0.3) is 0 Å². The predicted molar refractivity (Wildman–Crippen MR) is 90.8 cm³/mol. The van der Waals surface area contributed by atoms with E-state index in [4.69, 9.17) is 23.2 Å². The van der Waals surface area contributed by atoms with Crippen molar-refractivity contribution in [3.63, 3.8) is 0 Å². The van der Waals surface area contributed by atoms with Crippen molar-refractivity contribution in [1.82, 2.24) is 9.55 Å². The number of allylic oxidation sites excluding steroid dienone is 5. The van der Waals surface area contributed by atoms with Crippen molar-refractivity contribution in [3.8, 4) is 5.69 Å². The lowest BCUT2D eigenvalue weighted by Gasteiger charge is -2.08. The highest BCUT2D eigenvalue weighted by Crippen LogP contribution is 2.18. The summed E-state index contributed by atoms with van der Waals surface area (Å²) in [6.07, 6.45) is 8.06. The lowest BCUT2D eigenvalue weighted by molar-refractivity contribution is 0.103. The number of ketones is 1. The highest BCUT2D eigenvalue weighted by molar-refractivity contribution is 6.31. The van der Waals surface area contributed by atoms with Gasteiger partial charge in [0.05, 0.1) is 12.5 Å². The van der Waals surface area contributed by atoms with Crippen LogP contribution in [0, 0.1) is 0 Å². The molecule has 0 radical (unpaired) electrons. The van der Waals surface area contributed by atoms with Gasteiger partial charge in [0, 0.05) is 21.3 Å². The van der Waals surface area contributed by atoms with Gasteiger partial charge < -0.3 is 0 Å². The number of hydrogen-bond donors (Lipinski definition) is 0. The molecular formula is C17H14Cl2N2O. The molecule has 0 N–H and O–H groups in total. The van der Waals surface area contributed by atoms with E-state index in [0.29, 0.717) is 21.3 Å². The van der Waals surface area contributed by atoms with Crippen LogP contribution in [0.2, 0.25) is 5.02 Å². The van der Waals surface area contributed by atoms with Crippen molar-refractivity contribution >= 4 is 29.0 Å². The molecule has 1 aromatic carbocycles. The maximum absolute atomic E-state index is 12.6. The lowest BCUT2D eigenvalue weighted by atomic mass is 10.1. The fourth-order valence-corrected chi connectivity index (χ4v) is 2.09. The summed E-state index contributed by atoms with van der Waals surface area (Å²) in [6, 6.07) is 7.18. The van der Waals surface area contributed by atoms with Crippen LogP contribution in [0.5, 0.6) is 0 Å². The van der Waals surface area contributed by atoms with Gasteiger partial charge in [-0.15, -0.1) is 0 Å². The van der Waals surface area contributed by atoms with Crippen LogP contribution in [0.25, 0.3) is 5.69 Å². The molecule has 0 bridgehead atoms. The van der Waals surface area contributed by atoms with E-state index < -0.39 is 0 Å². The summed E-state index contributed by atoms with van der Waals surface area (Å²) in [4.78, 5) is 16.7. The monoisotopic (exact) mass is 332 g/mol. The zero-order valence-electron chi connectivity index (χ0n) is 12.0. The number of aromatic nitrogens is 2. The second-order valence-corrected chi connectivity index (χ2v) is 5.40. The number of Topliss-reactive ketones (excluding diaryl/α,β-unsaturated/α-hetero) is 1. The molecule has 112 valence electrons. The molecular weight excluding hydrogens is 319 g/mol. The summed E-state index contributed by atoms with van der Waals surface area (Å²) in [6.45, 7) is 5.36. The number of benzene rings is 1. The summed E-state index contributed by atoms with van der Waals surface area (Å²) in [7, 11) is 0. The highest BCUT2D eigenvalue weighted by Gasteiger charge is 2.15. The minimum Gasteiger partial charge on any atom is -0.296 e. The third kappa shape index (κ3) is 3.75. The zero-order valence-corrected chi connectivity index (χ0v) is 13.5. The summed E-state index contributed by atoms with van der Waals surface area (Å²) < 4.78 is 1.71. The van der Waals surface area contributed by atoms with Gasteiger partial charge in [0.15, 0.2) is 0 Å². The van der Waals surface area contributed by atoms with Crippen molar-refractivity contribution in [3.05, 3.63) is 82.9 Å². The third-order valence-electron chi connectivity index (χ3n) is 2.99. The maximum atomic E-state index is 12.6. The lowest BCUT2D eigenvalue weighted by Crippen LogP contribution is -2.08. The average molecular weight is 333 g/mol. The van der Waals surface area contributed by atoms with E-state index in [1.807, 2.05) is 12.1 Å². The summed E-state index contributed by atoms with van der Waals surface area (Å²) in [5.74, 6) is -0.149. The van der Waals surface area contributed by atoms with E-state index >= 15 is 0 Å². The zero-order chi connectivity index (χ0) is 16.1. The number of carbonyl (C=O) groups is 1. The van der Waals surface area contributed by atoms with Crippen LogP contribution < -0.4 is 0 Å². The van der Waals surface area contributed by atoms with Gasteiger partial charge in [-0.3, -0.25) is 9.36 Å². The van der Waals surface area contributed by atoms with Crippen molar-refractivity contribution in [2.24, 2.45) is 0 Å².